The molecular formula is C59H110O11Si3. The molecule has 2 heterocycles. The van der Waals surface area contributed by atoms with Crippen LogP contribution in [0, 0.1) is 41.4 Å². The third-order valence-corrected chi connectivity index (χ3v) is 30.9. The molecule has 424 valence electrons. The van der Waals surface area contributed by atoms with Crippen LogP contribution in [-0.2, 0) is 46.4 Å². The Morgan fingerprint density at radius 1 is 0.685 bits per heavy atom. The SMILES string of the molecule is COCO[C@@H]([C@@H](C)/C=C\[C@H](C[C@@H]1O[C@@H](O[Si](C)(C)C(C)(C)C)[C@H](C)[C@@H](O[Si](C)(C)C(C)(C)C)[C@H]1C)OCOC)[C@@H](C)/C=C(/C)C[C@H](C)[C@@H](O[Si](C)(C)C(C)(C)C)[C@H](C)[C@H]1OC(c2ccc(OC)cc2)OC[C@@H]1C. The molecule has 0 amide bonds. The molecule has 3 rings (SSSR count). The Bertz CT molecular complexity index is 1830. The third-order valence-electron chi connectivity index (χ3n) is 17.5. The van der Waals surface area contributed by atoms with Crippen LogP contribution in [0.2, 0.25) is 54.4 Å². The summed E-state index contributed by atoms with van der Waals surface area (Å²) in [6.45, 7) is 53.9. The van der Waals surface area contributed by atoms with Gasteiger partial charge in [-0.25, -0.2) is 0 Å². The van der Waals surface area contributed by atoms with Gasteiger partial charge in [0.2, 0.25) is 0 Å². The molecule has 1 aromatic rings. The quantitative estimate of drug-likeness (QED) is 0.0503. The summed E-state index contributed by atoms with van der Waals surface area (Å²) in [4.78, 5) is 0. The van der Waals surface area contributed by atoms with Crippen molar-refractivity contribution in [3.05, 3.63) is 53.6 Å². The van der Waals surface area contributed by atoms with E-state index in [0.29, 0.717) is 13.0 Å². The molecule has 14 heteroatoms. The monoisotopic (exact) mass is 1080 g/mol. The van der Waals surface area contributed by atoms with Crippen molar-refractivity contribution < 1.29 is 51.2 Å². The van der Waals surface area contributed by atoms with E-state index in [2.05, 4.69) is 175 Å². The summed E-state index contributed by atoms with van der Waals surface area (Å²) in [7, 11) is -1.48. The van der Waals surface area contributed by atoms with Gasteiger partial charge in [-0.1, -0.05) is 147 Å². The molecule has 0 radical (unpaired) electrons. The molecule has 11 nitrogen and oxygen atoms in total. The highest BCUT2D eigenvalue weighted by Gasteiger charge is 2.51. The molecule has 0 aromatic heterocycles. The maximum atomic E-state index is 7.46. The molecule has 0 spiro atoms. The fourth-order valence-electron chi connectivity index (χ4n) is 9.70. The lowest BCUT2D eigenvalue weighted by Gasteiger charge is -2.51. The van der Waals surface area contributed by atoms with Crippen LogP contribution in [0.3, 0.4) is 0 Å². The molecule has 0 bridgehead atoms. The molecule has 0 aliphatic carbocycles. The zero-order chi connectivity index (χ0) is 55.7. The Morgan fingerprint density at radius 2 is 1.23 bits per heavy atom. The Labute approximate surface area is 450 Å². The molecule has 1 aromatic carbocycles. The number of hydrogen-bond acceptors (Lipinski definition) is 11. The van der Waals surface area contributed by atoms with E-state index in [9.17, 15) is 0 Å². The first-order chi connectivity index (χ1) is 33.5. The fraction of sp³-hybridized carbons (Fsp3) is 0.831. The second-order valence-corrected chi connectivity index (χ2v) is 41.2. The lowest BCUT2D eigenvalue weighted by Crippen LogP contribution is -2.58. The molecule has 0 saturated carbocycles. The van der Waals surface area contributed by atoms with E-state index in [0.717, 1.165) is 17.7 Å². The molecule has 2 aliphatic rings. The summed E-state index contributed by atoms with van der Waals surface area (Å²) in [6.07, 6.45) is 6.76. The van der Waals surface area contributed by atoms with Gasteiger partial charge >= 0.3 is 0 Å². The molecule has 2 aliphatic heterocycles. The second kappa shape index (κ2) is 27.6. The predicted octanol–water partition coefficient (Wildman–Crippen LogP) is 15.4. The van der Waals surface area contributed by atoms with Gasteiger partial charge in [0.15, 0.2) is 37.5 Å². The van der Waals surface area contributed by atoms with Gasteiger partial charge < -0.3 is 51.2 Å². The predicted molar refractivity (Wildman–Crippen MR) is 307 cm³/mol. The van der Waals surface area contributed by atoms with Crippen molar-refractivity contribution in [2.24, 2.45) is 41.4 Å². The topological polar surface area (TPSA) is 102 Å². The molecular weight excluding hydrogens is 969 g/mol. The van der Waals surface area contributed by atoms with E-state index < -0.39 is 31.2 Å². The largest absolute Gasteiger partial charge is 0.497 e. The number of benzene rings is 1. The van der Waals surface area contributed by atoms with E-state index in [1.807, 2.05) is 24.3 Å². The smallest absolute Gasteiger partial charge is 0.195 e. The maximum Gasteiger partial charge on any atom is 0.195 e. The van der Waals surface area contributed by atoms with Crippen molar-refractivity contribution in [3.63, 3.8) is 0 Å². The van der Waals surface area contributed by atoms with Crippen LogP contribution in [0.1, 0.15) is 142 Å². The highest BCUT2D eigenvalue weighted by Crippen LogP contribution is 2.47. The van der Waals surface area contributed by atoms with Crippen molar-refractivity contribution in [2.75, 3.05) is 41.5 Å². The van der Waals surface area contributed by atoms with Crippen LogP contribution in [0.4, 0.5) is 0 Å². The highest BCUT2D eigenvalue weighted by molar-refractivity contribution is 6.75. The van der Waals surface area contributed by atoms with Crippen molar-refractivity contribution in [2.45, 2.75) is 234 Å². The number of ether oxygens (including phenoxy) is 8. The number of hydrogen-bond donors (Lipinski definition) is 0. The van der Waals surface area contributed by atoms with Crippen LogP contribution in [0.5, 0.6) is 5.75 Å². The van der Waals surface area contributed by atoms with E-state index >= 15 is 0 Å². The summed E-state index contributed by atoms with van der Waals surface area (Å²) in [5, 5.41) is 0.136. The maximum absolute atomic E-state index is 7.46. The first-order valence-electron chi connectivity index (χ1n) is 27.7. The zero-order valence-corrected chi connectivity index (χ0v) is 54.2. The average molecular weight is 1080 g/mol. The minimum Gasteiger partial charge on any atom is -0.497 e. The standard InChI is InChI=1S/C59H110O11Si3/c1-39(34-42(4)53(68-71(21,22)57(9,10)11)45(7)52-43(5)36-63-56(67-52)47-28-31-48(62-20)32-29-47)33-41(3)51(65-38-61-19)40(2)27-30-49(64-37-60-18)35-50-44(6)54(69-72(23,24)58(12,13)14)46(8)55(66-50)70-73(25,26)59(15,16)17/h27-33,40-46,49-56H,34-38H2,1-26H3/b30-27-,39-33-/t40-,41-,42-,43-,44-,45+,46+,49+,50-,51-,52-,53+,54-,55-,56?/m0/s1. The van der Waals surface area contributed by atoms with Crippen LogP contribution in [0.25, 0.3) is 0 Å². The summed E-state index contributed by atoms with van der Waals surface area (Å²) >= 11 is 0. The lowest BCUT2D eigenvalue weighted by molar-refractivity contribution is -0.256. The first kappa shape index (κ1) is 66.0. The van der Waals surface area contributed by atoms with Crippen LogP contribution in [0.15, 0.2) is 48.1 Å². The van der Waals surface area contributed by atoms with Crippen LogP contribution >= 0.6 is 0 Å². The number of methoxy groups -OCH3 is 3. The van der Waals surface area contributed by atoms with Gasteiger partial charge in [0, 0.05) is 61.7 Å². The van der Waals surface area contributed by atoms with Gasteiger partial charge in [-0.2, -0.15) is 0 Å². The summed E-state index contributed by atoms with van der Waals surface area (Å²) in [6, 6.07) is 8.00. The second-order valence-electron chi connectivity index (χ2n) is 26.9. The first-order valence-corrected chi connectivity index (χ1v) is 36.4. The van der Waals surface area contributed by atoms with Crippen molar-refractivity contribution in [1.82, 2.24) is 0 Å². The molecule has 2 saturated heterocycles. The van der Waals surface area contributed by atoms with Gasteiger partial charge in [-0.15, -0.1) is 0 Å². The molecule has 73 heavy (non-hydrogen) atoms. The fourth-order valence-corrected chi connectivity index (χ4v) is 13.9. The van der Waals surface area contributed by atoms with E-state index in [-0.39, 0.29) is 113 Å². The van der Waals surface area contributed by atoms with Gasteiger partial charge in [-0.3, -0.25) is 0 Å². The average Bonchev–Trinajstić information content (AvgIpc) is 3.28. The van der Waals surface area contributed by atoms with Crippen LogP contribution < -0.4 is 4.74 Å². The lowest BCUT2D eigenvalue weighted by atomic mass is 9.81. The van der Waals surface area contributed by atoms with E-state index in [1.54, 1.807) is 21.3 Å². The van der Waals surface area contributed by atoms with Crippen molar-refractivity contribution in [1.29, 1.82) is 0 Å². The summed E-state index contributed by atoms with van der Waals surface area (Å²) in [5.74, 6) is 1.60. The van der Waals surface area contributed by atoms with E-state index in [4.69, 9.17) is 51.2 Å². The van der Waals surface area contributed by atoms with Crippen LogP contribution in [-0.4, -0.2) is 109 Å². The van der Waals surface area contributed by atoms with Crippen molar-refractivity contribution in [3.8, 4) is 5.75 Å². The Kier molecular flexibility index (Phi) is 24.9. The molecule has 1 unspecified atom stereocenters. The van der Waals surface area contributed by atoms with Gasteiger partial charge in [-0.05, 0) is 85.8 Å². The molecule has 0 N–H and O–H groups in total. The molecule has 2 fully saturated rings. The van der Waals surface area contributed by atoms with E-state index in [1.165, 1.54) is 5.57 Å². The Morgan fingerprint density at radius 3 is 1.77 bits per heavy atom. The number of rotatable bonds is 26. The highest BCUT2D eigenvalue weighted by atomic mass is 28.4. The Balaban J connectivity index is 1.92. The molecule has 15 atom stereocenters. The van der Waals surface area contributed by atoms with Gasteiger partial charge in [0.25, 0.3) is 0 Å². The number of allylic oxidation sites excluding steroid dienone is 1. The zero-order valence-electron chi connectivity index (χ0n) is 51.2. The minimum absolute atomic E-state index is 0.0230. The Hall–Kier alpha value is -1.25. The van der Waals surface area contributed by atoms with Crippen molar-refractivity contribution >= 4 is 25.0 Å². The minimum atomic E-state index is -2.19. The van der Waals surface area contributed by atoms with Gasteiger partial charge in [0.05, 0.1) is 50.3 Å². The summed E-state index contributed by atoms with van der Waals surface area (Å²) < 4.78 is 71.6. The van der Waals surface area contributed by atoms with Gasteiger partial charge in [0.1, 0.15) is 19.3 Å². The third kappa shape index (κ3) is 18.4. The normalized spacial score (nSPS) is 27.3. The summed E-state index contributed by atoms with van der Waals surface area (Å²) in [5.41, 5.74) is 2.29.